The van der Waals surface area contributed by atoms with Crippen LogP contribution in [-0.4, -0.2) is 51.3 Å². The number of rotatable bonds is 11. The van der Waals surface area contributed by atoms with Gasteiger partial charge in [-0.1, -0.05) is 19.3 Å². The van der Waals surface area contributed by atoms with Gasteiger partial charge in [-0.2, -0.15) is 8.78 Å². The van der Waals surface area contributed by atoms with Crippen molar-refractivity contribution < 1.29 is 32.6 Å². The molecule has 1 aliphatic carbocycles. The molecular weight excluding hydrogens is 386 g/mol. The molecule has 1 saturated carbocycles. The second kappa shape index (κ2) is 12.2. The summed E-state index contributed by atoms with van der Waals surface area (Å²) in [5, 5.41) is 5.19. The molecule has 0 aromatic heterocycles. The Labute approximate surface area is 169 Å². The van der Waals surface area contributed by atoms with Crippen LogP contribution in [0, 0.1) is 0 Å². The van der Waals surface area contributed by atoms with Crippen molar-refractivity contribution in [2.24, 2.45) is 0 Å². The Kier molecular flexibility index (Phi) is 9.63. The molecule has 0 unspecified atom stereocenters. The van der Waals surface area contributed by atoms with E-state index in [2.05, 4.69) is 15.4 Å². The molecule has 9 heteroatoms. The molecule has 29 heavy (non-hydrogen) atoms. The molecule has 0 spiro atoms. The van der Waals surface area contributed by atoms with Crippen molar-refractivity contribution >= 4 is 11.8 Å². The summed E-state index contributed by atoms with van der Waals surface area (Å²) in [5.74, 6) is -1.02. The molecule has 0 aliphatic heterocycles. The standard InChI is InChI=1S/C20H28F2N2O5/c1-27-17-12-14(8-9-16(17)29-20(21)22)19(26)24-13-18(25)23-10-5-11-28-15-6-3-2-4-7-15/h8-9,12,15,20H,2-7,10-11,13H2,1H3,(H,23,25)(H,24,26). The summed E-state index contributed by atoms with van der Waals surface area (Å²) in [6.45, 7) is -2.13. The molecule has 1 aromatic rings. The van der Waals surface area contributed by atoms with E-state index in [4.69, 9.17) is 9.47 Å². The fourth-order valence-corrected chi connectivity index (χ4v) is 3.11. The smallest absolute Gasteiger partial charge is 0.387 e. The summed E-state index contributed by atoms with van der Waals surface area (Å²) in [7, 11) is 1.28. The average molecular weight is 414 g/mol. The predicted octanol–water partition coefficient (Wildman–Crippen LogP) is 2.88. The van der Waals surface area contributed by atoms with Crippen molar-refractivity contribution in [3.63, 3.8) is 0 Å². The number of hydrogen-bond donors (Lipinski definition) is 2. The van der Waals surface area contributed by atoms with E-state index in [1.807, 2.05) is 0 Å². The van der Waals surface area contributed by atoms with Crippen molar-refractivity contribution in [3.8, 4) is 11.5 Å². The number of nitrogens with one attached hydrogen (secondary N) is 2. The number of methoxy groups -OCH3 is 1. The minimum absolute atomic E-state index is 0.000340. The molecule has 0 heterocycles. The molecule has 2 N–H and O–H groups in total. The molecule has 0 radical (unpaired) electrons. The van der Waals surface area contributed by atoms with Crippen molar-refractivity contribution in [3.05, 3.63) is 23.8 Å². The van der Waals surface area contributed by atoms with Gasteiger partial charge in [0.2, 0.25) is 5.91 Å². The van der Waals surface area contributed by atoms with Gasteiger partial charge in [-0.05, 0) is 37.5 Å². The molecular formula is C20H28F2N2O5. The van der Waals surface area contributed by atoms with Crippen LogP contribution in [0.5, 0.6) is 11.5 Å². The van der Waals surface area contributed by atoms with E-state index in [0.29, 0.717) is 25.7 Å². The van der Waals surface area contributed by atoms with E-state index < -0.39 is 12.5 Å². The molecule has 162 valence electrons. The molecule has 2 amide bonds. The Morgan fingerprint density at radius 2 is 1.90 bits per heavy atom. The lowest BCUT2D eigenvalue weighted by Crippen LogP contribution is -2.37. The van der Waals surface area contributed by atoms with E-state index in [9.17, 15) is 18.4 Å². The monoisotopic (exact) mass is 414 g/mol. The van der Waals surface area contributed by atoms with Crippen LogP contribution in [-0.2, 0) is 9.53 Å². The zero-order valence-corrected chi connectivity index (χ0v) is 16.5. The first-order valence-corrected chi connectivity index (χ1v) is 9.79. The highest BCUT2D eigenvalue weighted by Crippen LogP contribution is 2.29. The number of amides is 2. The fraction of sp³-hybridized carbons (Fsp3) is 0.600. The van der Waals surface area contributed by atoms with Crippen LogP contribution in [0.4, 0.5) is 8.78 Å². The molecule has 2 rings (SSSR count). The van der Waals surface area contributed by atoms with Crippen LogP contribution in [0.2, 0.25) is 0 Å². The van der Waals surface area contributed by atoms with Crippen LogP contribution in [0.15, 0.2) is 18.2 Å². The number of hydrogen-bond acceptors (Lipinski definition) is 5. The molecule has 0 saturated heterocycles. The maximum absolute atomic E-state index is 12.3. The Balaban J connectivity index is 1.66. The maximum atomic E-state index is 12.3. The fourth-order valence-electron chi connectivity index (χ4n) is 3.11. The molecule has 1 aliphatic rings. The van der Waals surface area contributed by atoms with Gasteiger partial charge in [0.05, 0.1) is 19.8 Å². The summed E-state index contributed by atoms with van der Waals surface area (Å²) in [6.07, 6.45) is 6.98. The number of carbonyl (C=O) groups excluding carboxylic acids is 2. The van der Waals surface area contributed by atoms with Gasteiger partial charge in [0.25, 0.3) is 5.91 Å². The number of benzene rings is 1. The van der Waals surface area contributed by atoms with Gasteiger partial charge in [0, 0.05) is 18.7 Å². The first kappa shape index (κ1) is 22.9. The van der Waals surface area contributed by atoms with Gasteiger partial charge in [0.15, 0.2) is 11.5 Å². The average Bonchev–Trinajstić information content (AvgIpc) is 2.72. The molecule has 0 atom stereocenters. The molecule has 0 bridgehead atoms. The second-order valence-electron chi connectivity index (χ2n) is 6.76. The summed E-state index contributed by atoms with van der Waals surface area (Å²) in [6, 6.07) is 3.80. The molecule has 7 nitrogen and oxygen atoms in total. The van der Waals surface area contributed by atoms with Crippen LogP contribution in [0.25, 0.3) is 0 Å². The third kappa shape index (κ3) is 8.23. The quantitative estimate of drug-likeness (QED) is 0.544. The Bertz CT molecular complexity index is 666. The van der Waals surface area contributed by atoms with Crippen molar-refractivity contribution in [2.75, 3.05) is 26.8 Å². The van der Waals surface area contributed by atoms with Gasteiger partial charge in [-0.15, -0.1) is 0 Å². The topological polar surface area (TPSA) is 85.9 Å². The highest BCUT2D eigenvalue weighted by atomic mass is 19.3. The first-order chi connectivity index (χ1) is 14.0. The zero-order valence-electron chi connectivity index (χ0n) is 16.5. The second-order valence-corrected chi connectivity index (χ2v) is 6.76. The van der Waals surface area contributed by atoms with Gasteiger partial charge in [-0.3, -0.25) is 9.59 Å². The van der Waals surface area contributed by atoms with Crippen LogP contribution in [0.1, 0.15) is 48.9 Å². The normalized spacial score (nSPS) is 14.5. The third-order valence-corrected chi connectivity index (χ3v) is 4.60. The summed E-state index contributed by atoms with van der Waals surface area (Å²) >= 11 is 0. The van der Waals surface area contributed by atoms with Gasteiger partial charge >= 0.3 is 6.61 Å². The summed E-state index contributed by atoms with van der Waals surface area (Å²) in [4.78, 5) is 24.0. The third-order valence-electron chi connectivity index (χ3n) is 4.60. The van der Waals surface area contributed by atoms with Gasteiger partial charge < -0.3 is 24.8 Å². The minimum Gasteiger partial charge on any atom is -0.493 e. The van der Waals surface area contributed by atoms with Crippen LogP contribution >= 0.6 is 0 Å². The number of halogens is 2. The van der Waals surface area contributed by atoms with Crippen molar-refractivity contribution in [1.29, 1.82) is 0 Å². The Hall–Kier alpha value is -2.42. The van der Waals surface area contributed by atoms with E-state index in [-0.39, 0.29) is 29.5 Å². The number of carbonyl (C=O) groups is 2. The number of alkyl halides is 2. The lowest BCUT2D eigenvalue weighted by molar-refractivity contribution is -0.120. The van der Waals surface area contributed by atoms with Crippen molar-refractivity contribution in [2.45, 2.75) is 51.2 Å². The largest absolute Gasteiger partial charge is 0.493 e. The van der Waals surface area contributed by atoms with Crippen molar-refractivity contribution in [1.82, 2.24) is 10.6 Å². The zero-order chi connectivity index (χ0) is 21.1. The summed E-state index contributed by atoms with van der Waals surface area (Å²) < 4.78 is 39.7. The van der Waals surface area contributed by atoms with E-state index >= 15 is 0 Å². The maximum Gasteiger partial charge on any atom is 0.387 e. The first-order valence-electron chi connectivity index (χ1n) is 9.79. The number of ether oxygens (including phenoxy) is 3. The summed E-state index contributed by atoms with van der Waals surface area (Å²) in [5.41, 5.74) is 0.164. The van der Waals surface area contributed by atoms with E-state index in [0.717, 1.165) is 12.8 Å². The Morgan fingerprint density at radius 3 is 2.59 bits per heavy atom. The predicted molar refractivity (Wildman–Crippen MR) is 102 cm³/mol. The van der Waals surface area contributed by atoms with Gasteiger partial charge in [0.1, 0.15) is 0 Å². The van der Waals surface area contributed by atoms with Gasteiger partial charge in [-0.25, -0.2) is 0 Å². The Morgan fingerprint density at radius 1 is 1.14 bits per heavy atom. The van der Waals surface area contributed by atoms with E-state index in [1.165, 1.54) is 44.6 Å². The SMILES string of the molecule is COc1cc(C(=O)NCC(=O)NCCCOC2CCCCC2)ccc1OC(F)F. The highest BCUT2D eigenvalue weighted by Gasteiger charge is 2.15. The lowest BCUT2D eigenvalue weighted by Gasteiger charge is -2.21. The van der Waals surface area contributed by atoms with Crippen LogP contribution in [0.3, 0.4) is 0 Å². The van der Waals surface area contributed by atoms with Crippen LogP contribution < -0.4 is 20.1 Å². The molecule has 1 aromatic carbocycles. The minimum atomic E-state index is -3.00. The molecule has 1 fully saturated rings. The van der Waals surface area contributed by atoms with E-state index in [1.54, 1.807) is 0 Å². The lowest BCUT2D eigenvalue weighted by atomic mass is 9.98. The highest BCUT2D eigenvalue weighted by molar-refractivity contribution is 5.97.